The highest BCUT2D eigenvalue weighted by Gasteiger charge is 2.34. The molecule has 0 saturated carbocycles. The Hall–Kier alpha value is -1.10. The van der Waals surface area contributed by atoms with Crippen LogP contribution in [0.4, 0.5) is 0 Å². The van der Waals surface area contributed by atoms with E-state index in [2.05, 4.69) is 15.4 Å². The van der Waals surface area contributed by atoms with E-state index in [4.69, 9.17) is 0 Å². The van der Waals surface area contributed by atoms with Crippen LogP contribution in [0.25, 0.3) is 0 Å². The first-order valence-corrected chi connectivity index (χ1v) is 6.14. The van der Waals surface area contributed by atoms with Crippen molar-refractivity contribution in [2.45, 2.75) is 32.6 Å². The van der Waals surface area contributed by atoms with Gasteiger partial charge in [-0.3, -0.25) is 9.59 Å². The number of amides is 1. The minimum Gasteiger partial charge on any atom is -0.469 e. The van der Waals surface area contributed by atoms with Crippen molar-refractivity contribution in [2.75, 3.05) is 26.7 Å². The summed E-state index contributed by atoms with van der Waals surface area (Å²) in [5.74, 6) is -0.153. The largest absolute Gasteiger partial charge is 0.469 e. The van der Waals surface area contributed by atoms with Crippen LogP contribution in [0.2, 0.25) is 0 Å². The predicted octanol–water partition coefficient (Wildman–Crippen LogP) is 0.445. The Balaban J connectivity index is 2.22. The monoisotopic (exact) mass is 242 g/mol. The van der Waals surface area contributed by atoms with Gasteiger partial charge in [0.25, 0.3) is 0 Å². The lowest BCUT2D eigenvalue weighted by Gasteiger charge is -2.32. The average molecular weight is 242 g/mol. The number of hydrogen-bond acceptors (Lipinski definition) is 4. The van der Waals surface area contributed by atoms with Crippen LogP contribution in [-0.4, -0.2) is 38.6 Å². The fraction of sp³-hybridized carbons (Fsp3) is 0.833. The van der Waals surface area contributed by atoms with Crippen molar-refractivity contribution in [3.8, 4) is 0 Å². The van der Waals surface area contributed by atoms with Crippen LogP contribution in [0.3, 0.4) is 0 Å². The summed E-state index contributed by atoms with van der Waals surface area (Å²) in [6.45, 7) is 4.24. The number of carbonyl (C=O) groups is 2. The molecule has 1 heterocycles. The average Bonchev–Trinajstić information content (AvgIpc) is 2.34. The number of hydrogen-bond donors (Lipinski definition) is 2. The molecule has 1 rings (SSSR count). The molecule has 0 radical (unpaired) electrons. The molecular weight excluding hydrogens is 220 g/mol. The second-order valence-electron chi connectivity index (χ2n) is 4.78. The van der Waals surface area contributed by atoms with E-state index in [0.717, 1.165) is 25.9 Å². The van der Waals surface area contributed by atoms with E-state index < -0.39 is 0 Å². The molecular formula is C12H22N2O3. The summed E-state index contributed by atoms with van der Waals surface area (Å²) in [4.78, 5) is 22.8. The van der Waals surface area contributed by atoms with E-state index in [1.54, 1.807) is 0 Å². The molecule has 0 aromatic carbocycles. The molecule has 0 aliphatic carbocycles. The topological polar surface area (TPSA) is 67.4 Å². The van der Waals surface area contributed by atoms with Crippen molar-refractivity contribution >= 4 is 11.9 Å². The third-order valence-corrected chi connectivity index (χ3v) is 3.22. The van der Waals surface area contributed by atoms with E-state index in [-0.39, 0.29) is 17.3 Å². The predicted molar refractivity (Wildman–Crippen MR) is 64.5 cm³/mol. The fourth-order valence-electron chi connectivity index (χ4n) is 2.00. The number of esters is 1. The van der Waals surface area contributed by atoms with Gasteiger partial charge in [-0.1, -0.05) is 0 Å². The Labute approximate surface area is 102 Å². The molecule has 0 spiro atoms. The van der Waals surface area contributed by atoms with E-state index in [1.807, 2.05) is 6.92 Å². The molecule has 2 N–H and O–H groups in total. The van der Waals surface area contributed by atoms with E-state index in [0.29, 0.717) is 19.4 Å². The molecule has 17 heavy (non-hydrogen) atoms. The Bertz CT molecular complexity index is 273. The van der Waals surface area contributed by atoms with Crippen LogP contribution in [0, 0.1) is 5.41 Å². The molecule has 0 aromatic rings. The van der Waals surface area contributed by atoms with Gasteiger partial charge in [-0.15, -0.1) is 0 Å². The number of nitrogens with one attached hydrogen (secondary N) is 2. The van der Waals surface area contributed by atoms with Crippen molar-refractivity contribution in [3.05, 3.63) is 0 Å². The van der Waals surface area contributed by atoms with Crippen LogP contribution >= 0.6 is 0 Å². The van der Waals surface area contributed by atoms with Gasteiger partial charge in [0, 0.05) is 19.5 Å². The summed E-state index contributed by atoms with van der Waals surface area (Å²) in [6.07, 6.45) is 2.93. The lowest BCUT2D eigenvalue weighted by Crippen LogP contribution is -2.48. The van der Waals surface area contributed by atoms with Gasteiger partial charge >= 0.3 is 5.97 Å². The summed E-state index contributed by atoms with van der Waals surface area (Å²) >= 11 is 0. The maximum absolute atomic E-state index is 12.0. The van der Waals surface area contributed by atoms with Crippen LogP contribution < -0.4 is 10.6 Å². The van der Waals surface area contributed by atoms with Crippen LogP contribution in [-0.2, 0) is 14.3 Å². The second-order valence-corrected chi connectivity index (χ2v) is 4.78. The molecule has 1 amide bonds. The first-order valence-electron chi connectivity index (χ1n) is 6.14. The fourth-order valence-corrected chi connectivity index (χ4v) is 2.00. The van der Waals surface area contributed by atoms with Gasteiger partial charge in [0.15, 0.2) is 0 Å². The number of rotatable bonds is 5. The van der Waals surface area contributed by atoms with Gasteiger partial charge in [-0.2, -0.15) is 0 Å². The summed E-state index contributed by atoms with van der Waals surface area (Å²) in [5, 5.41) is 6.12. The Morgan fingerprint density at radius 1 is 1.47 bits per heavy atom. The van der Waals surface area contributed by atoms with Crippen molar-refractivity contribution in [1.29, 1.82) is 0 Å². The molecule has 0 bridgehead atoms. The number of piperidine rings is 1. The number of ether oxygens (including phenoxy) is 1. The molecule has 98 valence electrons. The highest BCUT2D eigenvalue weighted by Crippen LogP contribution is 2.25. The summed E-state index contributed by atoms with van der Waals surface area (Å²) in [5.41, 5.74) is -0.302. The first kappa shape index (κ1) is 14.0. The third kappa shape index (κ3) is 4.34. The Morgan fingerprint density at radius 3 is 2.82 bits per heavy atom. The zero-order chi connectivity index (χ0) is 12.7. The minimum atomic E-state index is -0.302. The van der Waals surface area contributed by atoms with E-state index >= 15 is 0 Å². The summed E-state index contributed by atoms with van der Waals surface area (Å²) in [6, 6.07) is 0. The maximum Gasteiger partial charge on any atom is 0.305 e. The van der Waals surface area contributed by atoms with Crippen LogP contribution in [0.1, 0.15) is 32.6 Å². The van der Waals surface area contributed by atoms with E-state index in [9.17, 15) is 9.59 Å². The van der Waals surface area contributed by atoms with Gasteiger partial charge in [-0.25, -0.2) is 0 Å². The standard InChI is InChI=1S/C12H22N2O3/c1-12(6-4-7-13-9-12)11(16)14-8-3-5-10(15)17-2/h13H,3-9H2,1-2H3,(H,14,16). The molecule has 1 fully saturated rings. The molecule has 0 aromatic heterocycles. The zero-order valence-electron chi connectivity index (χ0n) is 10.7. The van der Waals surface area contributed by atoms with Crippen LogP contribution in [0.15, 0.2) is 0 Å². The van der Waals surface area contributed by atoms with Gasteiger partial charge in [0.2, 0.25) is 5.91 Å². The molecule has 1 saturated heterocycles. The molecule has 1 unspecified atom stereocenters. The van der Waals surface area contributed by atoms with Crippen LogP contribution in [0.5, 0.6) is 0 Å². The van der Waals surface area contributed by atoms with Crippen molar-refractivity contribution in [3.63, 3.8) is 0 Å². The number of carbonyl (C=O) groups excluding carboxylic acids is 2. The highest BCUT2D eigenvalue weighted by atomic mass is 16.5. The maximum atomic E-state index is 12.0. The molecule has 5 nitrogen and oxygen atoms in total. The first-order chi connectivity index (χ1) is 8.08. The van der Waals surface area contributed by atoms with Gasteiger partial charge in [0.1, 0.15) is 0 Å². The van der Waals surface area contributed by atoms with Crippen molar-refractivity contribution < 1.29 is 14.3 Å². The summed E-state index contributed by atoms with van der Waals surface area (Å²) < 4.78 is 4.53. The molecule has 5 heteroatoms. The van der Waals surface area contributed by atoms with Gasteiger partial charge in [0.05, 0.1) is 12.5 Å². The zero-order valence-corrected chi connectivity index (χ0v) is 10.7. The summed E-state index contributed by atoms with van der Waals surface area (Å²) in [7, 11) is 1.37. The highest BCUT2D eigenvalue weighted by molar-refractivity contribution is 5.82. The lowest BCUT2D eigenvalue weighted by atomic mass is 9.82. The molecule has 1 aliphatic heterocycles. The lowest BCUT2D eigenvalue weighted by molar-refractivity contribution is -0.141. The van der Waals surface area contributed by atoms with Crippen molar-refractivity contribution in [2.24, 2.45) is 5.41 Å². The molecule has 1 atom stereocenters. The minimum absolute atomic E-state index is 0.0783. The third-order valence-electron chi connectivity index (χ3n) is 3.22. The van der Waals surface area contributed by atoms with E-state index in [1.165, 1.54) is 7.11 Å². The number of methoxy groups -OCH3 is 1. The Kier molecular flexibility index (Phi) is 5.41. The second kappa shape index (κ2) is 6.59. The smallest absolute Gasteiger partial charge is 0.305 e. The van der Waals surface area contributed by atoms with Crippen molar-refractivity contribution in [1.82, 2.24) is 10.6 Å². The Morgan fingerprint density at radius 2 is 2.24 bits per heavy atom. The molecule has 1 aliphatic rings. The normalized spacial score (nSPS) is 24.1. The SMILES string of the molecule is COC(=O)CCCNC(=O)C1(C)CCCNC1. The quantitative estimate of drug-likeness (QED) is 0.542. The van der Waals surface area contributed by atoms with Gasteiger partial charge in [-0.05, 0) is 32.7 Å². The van der Waals surface area contributed by atoms with Gasteiger partial charge < -0.3 is 15.4 Å².